The zero-order valence-electron chi connectivity index (χ0n) is 16.1. The van der Waals surface area contributed by atoms with Crippen LogP contribution in [0.5, 0.6) is 11.5 Å². The highest BCUT2D eigenvalue weighted by atomic mass is 16.5. The van der Waals surface area contributed by atoms with E-state index < -0.39 is 0 Å². The highest BCUT2D eigenvalue weighted by molar-refractivity contribution is 6.15. The van der Waals surface area contributed by atoms with Gasteiger partial charge < -0.3 is 14.0 Å². The van der Waals surface area contributed by atoms with Crippen molar-refractivity contribution in [2.45, 2.75) is 19.8 Å². The van der Waals surface area contributed by atoms with Gasteiger partial charge in [0.05, 0.1) is 19.9 Å². The third kappa shape index (κ3) is 2.81. The number of methoxy groups -OCH3 is 2. The molecule has 2 aromatic carbocycles. The second kappa shape index (κ2) is 6.62. The Kier molecular flexibility index (Phi) is 4.27. The van der Waals surface area contributed by atoms with Crippen molar-refractivity contribution in [2.75, 3.05) is 14.2 Å². The SMILES string of the molecule is COc1ccc(/C=C2/CCc3c(n(C)c4ccc(C)cc34)C2=O)cc1OC. The molecule has 1 aromatic heterocycles. The molecule has 1 aliphatic rings. The minimum Gasteiger partial charge on any atom is -0.493 e. The van der Waals surface area contributed by atoms with E-state index in [1.165, 1.54) is 16.5 Å². The van der Waals surface area contributed by atoms with E-state index in [-0.39, 0.29) is 5.78 Å². The maximum absolute atomic E-state index is 13.2. The Bertz CT molecular complexity index is 1090. The second-order valence-electron chi connectivity index (χ2n) is 7.02. The molecule has 1 heterocycles. The first-order valence-corrected chi connectivity index (χ1v) is 9.08. The van der Waals surface area contributed by atoms with Crippen LogP contribution in [0.2, 0.25) is 0 Å². The third-order valence-corrected chi connectivity index (χ3v) is 5.36. The monoisotopic (exact) mass is 361 g/mol. The van der Waals surface area contributed by atoms with Crippen LogP contribution in [0.3, 0.4) is 0 Å². The number of allylic oxidation sites excluding steroid dienone is 1. The molecule has 0 spiro atoms. The van der Waals surface area contributed by atoms with Crippen LogP contribution in [0.25, 0.3) is 17.0 Å². The van der Waals surface area contributed by atoms with Crippen molar-refractivity contribution in [3.05, 3.63) is 64.4 Å². The second-order valence-corrected chi connectivity index (χ2v) is 7.02. The Morgan fingerprint density at radius 1 is 1.00 bits per heavy atom. The van der Waals surface area contributed by atoms with Crippen molar-refractivity contribution >= 4 is 22.8 Å². The molecule has 4 nitrogen and oxygen atoms in total. The summed E-state index contributed by atoms with van der Waals surface area (Å²) in [5, 5.41) is 1.20. The van der Waals surface area contributed by atoms with Crippen LogP contribution in [-0.4, -0.2) is 24.6 Å². The topological polar surface area (TPSA) is 40.5 Å². The van der Waals surface area contributed by atoms with E-state index in [9.17, 15) is 4.79 Å². The van der Waals surface area contributed by atoms with Crippen molar-refractivity contribution in [3.8, 4) is 11.5 Å². The Morgan fingerprint density at radius 2 is 1.78 bits per heavy atom. The first-order chi connectivity index (χ1) is 13.0. The summed E-state index contributed by atoms with van der Waals surface area (Å²) >= 11 is 0. The van der Waals surface area contributed by atoms with E-state index in [0.29, 0.717) is 11.5 Å². The standard InChI is InChI=1S/C23H23NO3/c1-14-5-9-19-18(11-14)17-8-7-16(23(25)22(17)24(19)2)12-15-6-10-20(26-3)21(13-15)27-4/h5-6,9-13H,7-8H2,1-4H3/b16-12-. The summed E-state index contributed by atoms with van der Waals surface area (Å²) in [5.41, 5.74) is 6.09. The number of hydrogen-bond donors (Lipinski definition) is 0. The number of aryl methyl sites for hydroxylation is 3. The number of ketones is 1. The Hall–Kier alpha value is -3.01. The molecular weight excluding hydrogens is 338 g/mol. The average Bonchev–Trinajstić information content (AvgIpc) is 2.96. The molecule has 0 aliphatic heterocycles. The van der Waals surface area contributed by atoms with Gasteiger partial charge in [-0.15, -0.1) is 0 Å². The van der Waals surface area contributed by atoms with Crippen LogP contribution in [-0.2, 0) is 13.5 Å². The first kappa shape index (κ1) is 17.4. The molecule has 0 N–H and O–H groups in total. The van der Waals surface area contributed by atoms with Crippen LogP contribution >= 0.6 is 0 Å². The van der Waals surface area contributed by atoms with Crippen LogP contribution < -0.4 is 9.47 Å². The summed E-state index contributed by atoms with van der Waals surface area (Å²) in [6.07, 6.45) is 3.59. The summed E-state index contributed by atoms with van der Waals surface area (Å²) in [4.78, 5) is 13.2. The molecule has 0 atom stereocenters. The van der Waals surface area contributed by atoms with Crippen molar-refractivity contribution in [1.29, 1.82) is 0 Å². The largest absolute Gasteiger partial charge is 0.493 e. The fraction of sp³-hybridized carbons (Fsp3) is 0.261. The lowest BCUT2D eigenvalue weighted by Crippen LogP contribution is -2.16. The summed E-state index contributed by atoms with van der Waals surface area (Å²) in [7, 11) is 5.21. The number of nitrogens with zero attached hydrogens (tertiary/aromatic N) is 1. The Morgan fingerprint density at radius 3 is 2.52 bits per heavy atom. The van der Waals surface area contributed by atoms with Crippen molar-refractivity contribution < 1.29 is 14.3 Å². The maximum Gasteiger partial charge on any atom is 0.205 e. The number of fused-ring (bicyclic) bond motifs is 3. The van der Waals surface area contributed by atoms with Gasteiger partial charge in [0.1, 0.15) is 0 Å². The molecule has 0 bridgehead atoms. The molecule has 4 rings (SSSR count). The van der Waals surface area contributed by atoms with E-state index >= 15 is 0 Å². The fourth-order valence-electron chi connectivity index (χ4n) is 3.98. The van der Waals surface area contributed by atoms with E-state index in [2.05, 4.69) is 25.1 Å². The summed E-state index contributed by atoms with van der Waals surface area (Å²) in [6.45, 7) is 2.09. The Labute approximate surface area is 159 Å². The third-order valence-electron chi connectivity index (χ3n) is 5.36. The van der Waals surface area contributed by atoms with E-state index in [0.717, 1.165) is 35.2 Å². The molecular formula is C23H23NO3. The smallest absolute Gasteiger partial charge is 0.205 e. The zero-order chi connectivity index (χ0) is 19.1. The van der Waals surface area contributed by atoms with E-state index in [1.807, 2.05) is 35.9 Å². The van der Waals surface area contributed by atoms with Gasteiger partial charge >= 0.3 is 0 Å². The lowest BCUT2D eigenvalue weighted by Gasteiger charge is -2.16. The summed E-state index contributed by atoms with van der Waals surface area (Å²) < 4.78 is 12.7. The van der Waals surface area contributed by atoms with Gasteiger partial charge in [-0.3, -0.25) is 4.79 Å². The predicted molar refractivity (Wildman–Crippen MR) is 108 cm³/mol. The van der Waals surface area contributed by atoms with Gasteiger partial charge in [0.25, 0.3) is 0 Å². The Balaban J connectivity index is 1.78. The lowest BCUT2D eigenvalue weighted by molar-refractivity contribution is 0.101. The molecule has 0 unspecified atom stereocenters. The fourth-order valence-corrected chi connectivity index (χ4v) is 3.98. The van der Waals surface area contributed by atoms with Gasteiger partial charge in [-0.1, -0.05) is 17.7 Å². The van der Waals surface area contributed by atoms with Crippen molar-refractivity contribution in [3.63, 3.8) is 0 Å². The van der Waals surface area contributed by atoms with Crippen molar-refractivity contribution in [2.24, 2.45) is 7.05 Å². The van der Waals surface area contributed by atoms with Crippen LogP contribution in [0.1, 0.15) is 33.6 Å². The molecule has 4 heteroatoms. The molecule has 0 saturated carbocycles. The summed E-state index contributed by atoms with van der Waals surface area (Å²) in [6, 6.07) is 12.1. The average molecular weight is 361 g/mol. The lowest BCUT2D eigenvalue weighted by atomic mass is 9.89. The number of aromatic nitrogens is 1. The number of carbonyl (C=O) groups excluding carboxylic acids is 1. The van der Waals surface area contributed by atoms with E-state index in [4.69, 9.17) is 9.47 Å². The molecule has 0 radical (unpaired) electrons. The summed E-state index contributed by atoms with van der Waals surface area (Å²) in [5.74, 6) is 1.46. The highest BCUT2D eigenvalue weighted by Crippen LogP contribution is 2.35. The molecule has 0 saturated heterocycles. The number of benzene rings is 2. The molecule has 3 aromatic rings. The van der Waals surface area contributed by atoms with Gasteiger partial charge in [0, 0.05) is 23.5 Å². The van der Waals surface area contributed by atoms with Crippen molar-refractivity contribution in [1.82, 2.24) is 4.57 Å². The normalized spacial score (nSPS) is 15.3. The number of carbonyl (C=O) groups is 1. The number of hydrogen-bond acceptors (Lipinski definition) is 3. The minimum atomic E-state index is 0.113. The van der Waals surface area contributed by atoms with Crippen LogP contribution in [0.15, 0.2) is 42.0 Å². The maximum atomic E-state index is 13.2. The molecule has 27 heavy (non-hydrogen) atoms. The van der Waals surface area contributed by atoms with Gasteiger partial charge in [0.15, 0.2) is 11.5 Å². The first-order valence-electron chi connectivity index (χ1n) is 9.08. The highest BCUT2D eigenvalue weighted by Gasteiger charge is 2.28. The van der Waals surface area contributed by atoms with Crippen LogP contribution in [0, 0.1) is 6.92 Å². The quantitative estimate of drug-likeness (QED) is 0.634. The molecule has 1 aliphatic carbocycles. The van der Waals surface area contributed by atoms with Crippen LogP contribution in [0.4, 0.5) is 0 Å². The predicted octanol–water partition coefficient (Wildman–Crippen LogP) is 4.72. The van der Waals surface area contributed by atoms with Gasteiger partial charge in [0.2, 0.25) is 5.78 Å². The minimum absolute atomic E-state index is 0.113. The molecule has 0 amide bonds. The number of Topliss-reactive ketones (excluding diaryl/α,β-unsaturated/α-hetero) is 1. The van der Waals surface area contributed by atoms with Gasteiger partial charge in [-0.2, -0.15) is 0 Å². The van der Waals surface area contributed by atoms with E-state index in [1.54, 1.807) is 14.2 Å². The number of ether oxygens (including phenoxy) is 2. The van der Waals surface area contributed by atoms with Gasteiger partial charge in [-0.05, 0) is 61.2 Å². The zero-order valence-corrected chi connectivity index (χ0v) is 16.1. The number of rotatable bonds is 3. The van der Waals surface area contributed by atoms with Gasteiger partial charge in [-0.25, -0.2) is 0 Å². The molecule has 138 valence electrons. The molecule has 0 fully saturated rings.